The van der Waals surface area contributed by atoms with E-state index in [0.717, 1.165) is 18.6 Å². The highest BCUT2D eigenvalue weighted by molar-refractivity contribution is 8.13. The van der Waals surface area contributed by atoms with Crippen molar-refractivity contribution in [2.24, 2.45) is 10.1 Å². The summed E-state index contributed by atoms with van der Waals surface area (Å²) in [6.45, 7) is 2.17. The molecule has 0 radical (unpaired) electrons. The second-order valence-corrected chi connectivity index (χ2v) is 8.61. The summed E-state index contributed by atoms with van der Waals surface area (Å²) in [5.41, 5.74) is 0.553. The maximum Gasteiger partial charge on any atom is 0.276 e. The maximum absolute atomic E-state index is 14.8. The molecular formula is C22H22ClFN4OS. The van der Waals surface area contributed by atoms with Gasteiger partial charge in [-0.15, -0.1) is 5.10 Å². The molecule has 0 spiro atoms. The summed E-state index contributed by atoms with van der Waals surface area (Å²) in [6.07, 6.45) is 3.68. The van der Waals surface area contributed by atoms with Gasteiger partial charge in [0.05, 0.1) is 15.9 Å². The van der Waals surface area contributed by atoms with E-state index in [1.54, 1.807) is 18.2 Å². The van der Waals surface area contributed by atoms with E-state index in [1.807, 2.05) is 18.2 Å². The average Bonchev–Trinajstić information content (AvgIpc) is 2.73. The van der Waals surface area contributed by atoms with E-state index in [4.69, 9.17) is 16.6 Å². The number of carbonyl (C=O) groups excluding carboxylic acids is 1. The third-order valence-electron chi connectivity index (χ3n) is 5.01. The van der Waals surface area contributed by atoms with Crippen molar-refractivity contribution in [3.8, 4) is 0 Å². The lowest BCUT2D eigenvalue weighted by molar-refractivity contribution is -0.116. The quantitative estimate of drug-likeness (QED) is 0.687. The van der Waals surface area contributed by atoms with E-state index >= 15 is 0 Å². The summed E-state index contributed by atoms with van der Waals surface area (Å²) in [7, 11) is 0. The summed E-state index contributed by atoms with van der Waals surface area (Å²) in [4.78, 5) is 17.7. The number of halogens is 2. The second-order valence-electron chi connectivity index (χ2n) is 7.12. The fourth-order valence-corrected chi connectivity index (χ4v) is 4.65. The summed E-state index contributed by atoms with van der Waals surface area (Å²) in [5.74, 6) is 0.0898. The number of carbonyl (C=O) groups is 1. The van der Waals surface area contributed by atoms with Crippen LogP contribution < -0.4 is 15.9 Å². The number of amides is 1. The molecule has 5 nitrogen and oxygen atoms in total. The number of rotatable bonds is 6. The molecule has 156 valence electrons. The molecule has 1 N–H and O–H groups in total. The largest absolute Gasteiger partial charge is 0.298 e. The fourth-order valence-electron chi connectivity index (χ4n) is 3.54. The third-order valence-corrected chi connectivity index (χ3v) is 6.29. The van der Waals surface area contributed by atoms with Gasteiger partial charge in [0.2, 0.25) is 0 Å². The third kappa shape index (κ3) is 4.09. The summed E-state index contributed by atoms with van der Waals surface area (Å²) in [5, 5.41) is 11.0. The van der Waals surface area contributed by atoms with Gasteiger partial charge in [-0.05, 0) is 24.6 Å². The fraction of sp³-hybridized carbons (Fsp3) is 0.318. The van der Waals surface area contributed by atoms with Crippen molar-refractivity contribution >= 4 is 40.1 Å². The number of thioether (sulfide) groups is 1. The molecule has 2 aromatic carbocycles. The molecule has 8 heteroatoms. The molecule has 4 rings (SSSR count). The normalized spacial score (nSPS) is 17.6. The van der Waals surface area contributed by atoms with E-state index in [9.17, 15) is 9.18 Å². The first-order valence-corrected chi connectivity index (χ1v) is 11.4. The van der Waals surface area contributed by atoms with Crippen LogP contribution in [0, 0.1) is 5.82 Å². The minimum Gasteiger partial charge on any atom is -0.298 e. The van der Waals surface area contributed by atoms with Gasteiger partial charge in [-0.2, -0.15) is 0 Å². The standard InChI is InChI=1S/C22H22ClFN4OS/c1-2-3-4-7-13-30-22-26-21(29)19-14-9-5-6-12-17(14)25-20(28(19)27-22)18-15(23)10-8-11-16(18)24/h5-6,8-12,20H,2-4,7,13H2,1H3,(H,26,27,29). The number of benzene rings is 2. The lowest BCUT2D eigenvalue weighted by Gasteiger charge is -2.34. The molecule has 0 aliphatic carbocycles. The predicted octanol–water partition coefficient (Wildman–Crippen LogP) is 3.94. The predicted molar refractivity (Wildman–Crippen MR) is 119 cm³/mol. The molecular weight excluding hydrogens is 423 g/mol. The van der Waals surface area contributed by atoms with Crippen LogP contribution in [0.5, 0.6) is 0 Å². The van der Waals surface area contributed by atoms with Crippen molar-refractivity contribution in [1.29, 1.82) is 0 Å². The number of para-hydroxylation sites is 1. The van der Waals surface area contributed by atoms with Crippen LogP contribution in [0.15, 0.2) is 52.6 Å². The molecule has 1 atom stereocenters. The Morgan fingerprint density at radius 1 is 1.17 bits per heavy atom. The van der Waals surface area contributed by atoms with Gasteiger partial charge in [-0.25, -0.2) is 9.40 Å². The lowest BCUT2D eigenvalue weighted by atomic mass is 10.1. The summed E-state index contributed by atoms with van der Waals surface area (Å²) < 4.78 is 14.8. The van der Waals surface area contributed by atoms with Crippen molar-refractivity contribution in [3.05, 3.63) is 69.4 Å². The van der Waals surface area contributed by atoms with Crippen LogP contribution >= 0.6 is 23.4 Å². The molecule has 0 saturated heterocycles. The van der Waals surface area contributed by atoms with Crippen LogP contribution in [-0.4, -0.2) is 21.8 Å². The zero-order valence-corrected chi connectivity index (χ0v) is 18.1. The maximum atomic E-state index is 14.8. The van der Waals surface area contributed by atoms with Crippen molar-refractivity contribution in [2.45, 2.75) is 38.8 Å². The second kappa shape index (κ2) is 9.18. The summed E-state index contributed by atoms with van der Waals surface area (Å²) in [6, 6.07) is 11.8. The highest BCUT2D eigenvalue weighted by Crippen LogP contribution is 2.35. The zero-order chi connectivity index (χ0) is 21.1. The monoisotopic (exact) mass is 444 g/mol. The molecule has 0 saturated carbocycles. The van der Waals surface area contributed by atoms with Crippen molar-refractivity contribution < 1.29 is 9.18 Å². The van der Waals surface area contributed by atoms with Crippen LogP contribution in [0.4, 0.5) is 4.39 Å². The van der Waals surface area contributed by atoms with Gasteiger partial charge in [0, 0.05) is 11.0 Å². The van der Waals surface area contributed by atoms with Crippen LogP contribution in [-0.2, 0) is 4.79 Å². The first-order chi connectivity index (χ1) is 14.6. The van der Waals surface area contributed by atoms with E-state index in [0.29, 0.717) is 21.4 Å². The Hall–Kier alpha value is -2.38. The number of unbranched alkanes of at least 4 members (excludes halogenated alkanes) is 3. The molecule has 2 heterocycles. The highest BCUT2D eigenvalue weighted by Gasteiger charge is 2.36. The first-order valence-electron chi connectivity index (χ1n) is 10.0. The number of hydrogen-bond donors (Lipinski definition) is 1. The molecule has 2 aliphatic heterocycles. The van der Waals surface area contributed by atoms with E-state index in [2.05, 4.69) is 17.3 Å². The lowest BCUT2D eigenvalue weighted by Crippen LogP contribution is -2.50. The zero-order valence-electron chi connectivity index (χ0n) is 16.6. The van der Waals surface area contributed by atoms with Crippen LogP contribution in [0.25, 0.3) is 5.70 Å². The minimum atomic E-state index is -0.856. The van der Waals surface area contributed by atoms with Gasteiger partial charge in [0.25, 0.3) is 5.91 Å². The molecule has 1 unspecified atom stereocenters. The Kier molecular flexibility index (Phi) is 6.39. The van der Waals surface area contributed by atoms with Crippen molar-refractivity contribution in [3.63, 3.8) is 0 Å². The Bertz CT molecular complexity index is 1100. The highest BCUT2D eigenvalue weighted by atomic mass is 35.5. The Labute approximate surface area is 183 Å². The number of hydrogen-bond acceptors (Lipinski definition) is 5. The number of amidine groups is 1. The van der Waals surface area contributed by atoms with Crippen LogP contribution in [0.3, 0.4) is 0 Å². The number of fused-ring (bicyclic) bond motifs is 2. The smallest absolute Gasteiger partial charge is 0.276 e. The summed E-state index contributed by atoms with van der Waals surface area (Å²) >= 11 is 7.82. The van der Waals surface area contributed by atoms with Gasteiger partial charge >= 0.3 is 0 Å². The van der Waals surface area contributed by atoms with Gasteiger partial charge < -0.3 is 0 Å². The first kappa shape index (κ1) is 20.9. The Morgan fingerprint density at radius 2 is 2.00 bits per heavy atom. The van der Waals surface area contributed by atoms with Gasteiger partial charge in [0.1, 0.15) is 11.5 Å². The van der Waals surface area contributed by atoms with Crippen LogP contribution in [0.1, 0.15) is 44.3 Å². The molecule has 0 bridgehead atoms. The molecule has 1 amide bonds. The van der Waals surface area contributed by atoms with Crippen molar-refractivity contribution in [2.75, 3.05) is 5.75 Å². The number of nitrogens with zero attached hydrogens (tertiary/aromatic N) is 3. The number of hydrazone groups is 1. The van der Waals surface area contributed by atoms with Gasteiger partial charge in [-0.1, -0.05) is 73.8 Å². The Balaban J connectivity index is 1.76. The van der Waals surface area contributed by atoms with Crippen molar-refractivity contribution in [1.82, 2.24) is 10.3 Å². The molecule has 0 aromatic heterocycles. The molecule has 0 fully saturated rings. The SMILES string of the molecule is CCCCCCSC1=NN2C(=c3ccccc3=NC2c2c(F)cccc2Cl)C(=O)N1. The average molecular weight is 445 g/mol. The van der Waals surface area contributed by atoms with E-state index in [-0.39, 0.29) is 16.5 Å². The van der Waals surface area contributed by atoms with Crippen LogP contribution in [0.2, 0.25) is 5.02 Å². The van der Waals surface area contributed by atoms with E-state index in [1.165, 1.54) is 35.7 Å². The topological polar surface area (TPSA) is 57.1 Å². The molecule has 2 aliphatic rings. The van der Waals surface area contributed by atoms with Gasteiger partial charge in [-0.3, -0.25) is 15.1 Å². The minimum absolute atomic E-state index is 0.205. The molecule has 30 heavy (non-hydrogen) atoms. The number of nitrogens with one attached hydrogen (secondary N) is 1. The van der Waals surface area contributed by atoms with E-state index < -0.39 is 12.0 Å². The molecule has 2 aromatic rings. The Morgan fingerprint density at radius 3 is 2.80 bits per heavy atom. The van der Waals surface area contributed by atoms with Gasteiger partial charge in [0.15, 0.2) is 11.3 Å².